The van der Waals surface area contributed by atoms with Crippen molar-refractivity contribution in [1.82, 2.24) is 9.21 Å². The van der Waals surface area contributed by atoms with Gasteiger partial charge in [-0.3, -0.25) is 0 Å². The lowest BCUT2D eigenvalue weighted by Crippen LogP contribution is -2.43. The molecule has 2 fully saturated rings. The zero-order valence-corrected chi connectivity index (χ0v) is 22.3. The number of nitrogens with zero attached hydrogens (tertiary/aromatic N) is 3. The SMILES string of the molecule is O=C(OCc1ccccc1)N1CCC2CC1c1cc(N3CCN(Sc4cccc(C(F)(F)F)c4)CC3)ccc12. The van der Waals surface area contributed by atoms with Crippen LogP contribution in [0.4, 0.5) is 23.7 Å². The molecule has 1 aliphatic carbocycles. The molecule has 2 bridgehead atoms. The lowest BCUT2D eigenvalue weighted by Gasteiger charge is -2.36. The van der Waals surface area contributed by atoms with E-state index in [-0.39, 0.29) is 18.7 Å². The van der Waals surface area contributed by atoms with Gasteiger partial charge in [-0.25, -0.2) is 9.10 Å². The Kier molecular flexibility index (Phi) is 7.20. The van der Waals surface area contributed by atoms with Crippen molar-refractivity contribution in [3.8, 4) is 0 Å². The Bertz CT molecular complexity index is 1330. The van der Waals surface area contributed by atoms with Crippen LogP contribution in [0.5, 0.6) is 0 Å². The fourth-order valence-corrected chi connectivity index (χ4v) is 6.86. The Hall–Kier alpha value is -3.17. The highest BCUT2D eigenvalue weighted by Gasteiger charge is 2.41. The minimum atomic E-state index is -4.34. The third kappa shape index (κ3) is 5.61. The summed E-state index contributed by atoms with van der Waals surface area (Å²) < 4.78 is 47.0. The molecule has 0 N–H and O–H groups in total. The number of anilines is 1. The molecule has 2 aliphatic heterocycles. The van der Waals surface area contributed by atoms with Crippen LogP contribution >= 0.6 is 11.9 Å². The van der Waals surface area contributed by atoms with Gasteiger partial charge in [-0.1, -0.05) is 42.5 Å². The third-order valence-electron chi connectivity index (χ3n) is 7.91. The minimum Gasteiger partial charge on any atom is -0.445 e. The van der Waals surface area contributed by atoms with Crippen molar-refractivity contribution < 1.29 is 22.7 Å². The number of alkyl halides is 3. The Balaban J connectivity index is 1.09. The third-order valence-corrected chi connectivity index (χ3v) is 9.00. The van der Waals surface area contributed by atoms with Crippen LogP contribution in [0.25, 0.3) is 0 Å². The van der Waals surface area contributed by atoms with Crippen LogP contribution in [0, 0.1) is 0 Å². The van der Waals surface area contributed by atoms with Crippen molar-refractivity contribution in [3.05, 3.63) is 95.1 Å². The van der Waals surface area contributed by atoms with Gasteiger partial charge < -0.3 is 14.5 Å². The number of fused-ring (bicyclic) bond motifs is 5. The smallest absolute Gasteiger partial charge is 0.416 e. The molecule has 0 saturated carbocycles. The molecule has 3 aromatic rings. The largest absolute Gasteiger partial charge is 0.445 e. The first-order valence-electron chi connectivity index (χ1n) is 13.3. The zero-order valence-electron chi connectivity index (χ0n) is 21.4. The molecule has 1 amide bonds. The number of amides is 1. The van der Waals surface area contributed by atoms with Gasteiger partial charge in [0.15, 0.2) is 0 Å². The monoisotopic (exact) mass is 553 g/mol. The number of likely N-dealkylation sites (tertiary alicyclic amines) is 1. The molecule has 0 radical (unpaired) electrons. The van der Waals surface area contributed by atoms with E-state index in [9.17, 15) is 18.0 Å². The van der Waals surface area contributed by atoms with E-state index in [2.05, 4.69) is 27.4 Å². The Morgan fingerprint density at radius 3 is 2.46 bits per heavy atom. The van der Waals surface area contributed by atoms with Gasteiger partial charge in [0.2, 0.25) is 0 Å². The van der Waals surface area contributed by atoms with E-state index in [0.717, 1.165) is 56.3 Å². The van der Waals surface area contributed by atoms with Gasteiger partial charge in [0.05, 0.1) is 11.6 Å². The van der Waals surface area contributed by atoms with Crippen LogP contribution in [0.1, 0.15) is 47.1 Å². The van der Waals surface area contributed by atoms with Gasteiger partial charge in [0, 0.05) is 43.3 Å². The number of piperidine rings is 1. The van der Waals surface area contributed by atoms with Crippen molar-refractivity contribution in [2.45, 2.75) is 42.5 Å². The molecular weight excluding hydrogens is 523 g/mol. The average molecular weight is 554 g/mol. The second-order valence-electron chi connectivity index (χ2n) is 10.3. The van der Waals surface area contributed by atoms with Crippen molar-refractivity contribution >= 4 is 23.7 Å². The molecule has 39 heavy (non-hydrogen) atoms. The fourth-order valence-electron chi connectivity index (χ4n) is 5.90. The topological polar surface area (TPSA) is 36.0 Å². The number of piperazine rings is 1. The molecule has 2 heterocycles. The van der Waals surface area contributed by atoms with E-state index in [1.807, 2.05) is 35.2 Å². The normalized spacial score (nSPS) is 21.1. The van der Waals surface area contributed by atoms with Gasteiger partial charge >= 0.3 is 12.3 Å². The summed E-state index contributed by atoms with van der Waals surface area (Å²) in [6, 6.07) is 21.9. The minimum absolute atomic E-state index is 0.0275. The van der Waals surface area contributed by atoms with Crippen LogP contribution in [0.2, 0.25) is 0 Å². The second kappa shape index (κ2) is 10.8. The molecular formula is C30H30F3N3O2S. The highest BCUT2D eigenvalue weighted by molar-refractivity contribution is 7.97. The first-order valence-corrected chi connectivity index (χ1v) is 14.1. The fraction of sp³-hybridized carbons (Fsp3) is 0.367. The van der Waals surface area contributed by atoms with Gasteiger partial charge in [-0.05, 0) is 77.7 Å². The summed E-state index contributed by atoms with van der Waals surface area (Å²) in [5.74, 6) is 0.470. The van der Waals surface area contributed by atoms with E-state index in [1.165, 1.54) is 35.2 Å². The van der Waals surface area contributed by atoms with E-state index in [4.69, 9.17) is 4.74 Å². The first kappa shape index (κ1) is 26.1. The Labute approximate surface area is 230 Å². The molecule has 2 unspecified atom stereocenters. The lowest BCUT2D eigenvalue weighted by molar-refractivity contribution is -0.137. The molecule has 2 saturated heterocycles. The maximum Gasteiger partial charge on any atom is 0.416 e. The molecule has 5 nitrogen and oxygen atoms in total. The predicted octanol–water partition coefficient (Wildman–Crippen LogP) is 7.11. The standard InChI is InChI=1S/C30H30F3N3O2S/c31-30(32,33)23-7-4-8-25(18-23)39-35-15-13-34(14-16-35)24-9-10-26-22-11-12-36(28(17-22)27(26)19-24)29(37)38-20-21-5-2-1-3-6-21/h1-10,18-19,22,28H,11-17,20H2. The number of halogens is 3. The van der Waals surface area contributed by atoms with Gasteiger partial charge in [-0.15, -0.1) is 0 Å². The summed E-state index contributed by atoms with van der Waals surface area (Å²) in [7, 11) is 0. The van der Waals surface area contributed by atoms with Crippen molar-refractivity contribution in [2.75, 3.05) is 37.6 Å². The Morgan fingerprint density at radius 2 is 1.69 bits per heavy atom. The number of carbonyl (C=O) groups excluding carboxylic acids is 1. The van der Waals surface area contributed by atoms with Gasteiger partial charge in [-0.2, -0.15) is 13.2 Å². The second-order valence-corrected chi connectivity index (χ2v) is 11.5. The Morgan fingerprint density at radius 1 is 0.897 bits per heavy atom. The summed E-state index contributed by atoms with van der Waals surface area (Å²) in [4.78, 5) is 17.9. The summed E-state index contributed by atoms with van der Waals surface area (Å²) in [5, 5.41) is 0. The van der Waals surface area contributed by atoms with E-state index in [1.54, 1.807) is 6.07 Å². The summed E-state index contributed by atoms with van der Waals surface area (Å²) in [6.45, 7) is 3.99. The van der Waals surface area contributed by atoms with Crippen LogP contribution in [0.3, 0.4) is 0 Å². The van der Waals surface area contributed by atoms with Gasteiger partial charge in [0.25, 0.3) is 0 Å². The maximum atomic E-state index is 13.1. The molecule has 204 valence electrons. The number of benzene rings is 3. The van der Waals surface area contributed by atoms with Crippen LogP contribution in [0.15, 0.2) is 77.7 Å². The molecule has 0 spiro atoms. The number of hydrogen-bond donors (Lipinski definition) is 0. The number of hydrogen-bond acceptors (Lipinski definition) is 5. The first-order chi connectivity index (χ1) is 18.8. The average Bonchev–Trinajstić information content (AvgIpc) is 3.23. The summed E-state index contributed by atoms with van der Waals surface area (Å²) >= 11 is 1.38. The van der Waals surface area contributed by atoms with E-state index >= 15 is 0 Å². The van der Waals surface area contributed by atoms with Crippen LogP contribution in [-0.4, -0.2) is 48.0 Å². The molecule has 3 aromatic carbocycles. The van der Waals surface area contributed by atoms with Crippen molar-refractivity contribution in [1.29, 1.82) is 0 Å². The number of carbonyl (C=O) groups is 1. The molecule has 0 aromatic heterocycles. The van der Waals surface area contributed by atoms with Crippen molar-refractivity contribution in [3.63, 3.8) is 0 Å². The molecule has 3 aliphatic rings. The number of rotatable bonds is 5. The highest BCUT2D eigenvalue weighted by Crippen LogP contribution is 2.50. The van der Waals surface area contributed by atoms with Crippen LogP contribution in [-0.2, 0) is 17.5 Å². The molecule has 2 atom stereocenters. The maximum absolute atomic E-state index is 13.1. The highest BCUT2D eigenvalue weighted by atomic mass is 32.2. The number of ether oxygens (including phenoxy) is 1. The van der Waals surface area contributed by atoms with Gasteiger partial charge in [0.1, 0.15) is 6.61 Å². The van der Waals surface area contributed by atoms with Crippen LogP contribution < -0.4 is 4.90 Å². The van der Waals surface area contributed by atoms with E-state index in [0.29, 0.717) is 17.4 Å². The molecule has 9 heteroatoms. The van der Waals surface area contributed by atoms with E-state index < -0.39 is 11.7 Å². The summed E-state index contributed by atoms with van der Waals surface area (Å²) in [6.07, 6.45) is -2.73. The lowest BCUT2D eigenvalue weighted by atomic mass is 9.96. The quantitative estimate of drug-likeness (QED) is 0.315. The molecule has 6 rings (SSSR count). The van der Waals surface area contributed by atoms with Crippen molar-refractivity contribution in [2.24, 2.45) is 0 Å². The zero-order chi connectivity index (χ0) is 27.0. The predicted molar refractivity (Wildman–Crippen MR) is 146 cm³/mol. The summed E-state index contributed by atoms with van der Waals surface area (Å²) in [5.41, 5.74) is 4.03.